The van der Waals surface area contributed by atoms with Crippen LogP contribution >= 0.6 is 0 Å². The molecule has 3 rings (SSSR count). The number of hydrogen-bond acceptors (Lipinski definition) is 5. The summed E-state index contributed by atoms with van der Waals surface area (Å²) in [5.41, 5.74) is 1.16. The number of terminal acetylenes is 1. The Morgan fingerprint density at radius 2 is 2.03 bits per heavy atom. The third kappa shape index (κ3) is 4.83. The maximum atomic E-state index is 12.6. The van der Waals surface area contributed by atoms with Gasteiger partial charge in [-0.3, -0.25) is 4.79 Å². The van der Waals surface area contributed by atoms with Gasteiger partial charge in [0.1, 0.15) is 0 Å². The minimum Gasteiger partial charge on any atom is -0.493 e. The second kappa shape index (κ2) is 9.07. The van der Waals surface area contributed by atoms with Gasteiger partial charge in [-0.1, -0.05) is 11.8 Å². The number of methoxy groups -OCH3 is 2. The summed E-state index contributed by atoms with van der Waals surface area (Å²) >= 11 is 0. The van der Waals surface area contributed by atoms with Crippen molar-refractivity contribution in [1.82, 2.24) is 14.9 Å². The quantitative estimate of drug-likeness (QED) is 0.705. The summed E-state index contributed by atoms with van der Waals surface area (Å²) in [6.45, 7) is 0.938. The molecular formula is C22H24N4O3. The number of amides is 1. The van der Waals surface area contributed by atoms with Gasteiger partial charge in [-0.2, -0.15) is 0 Å². The number of anilines is 1. The summed E-state index contributed by atoms with van der Waals surface area (Å²) < 4.78 is 12.2. The van der Waals surface area contributed by atoms with Crippen molar-refractivity contribution in [3.05, 3.63) is 35.3 Å². The fraction of sp³-hybridized carbons (Fsp3) is 0.364. The van der Waals surface area contributed by atoms with Crippen LogP contribution < -0.4 is 20.1 Å². The van der Waals surface area contributed by atoms with E-state index in [2.05, 4.69) is 33.4 Å². The molecule has 1 aromatic heterocycles. The van der Waals surface area contributed by atoms with Gasteiger partial charge < -0.3 is 24.7 Å². The van der Waals surface area contributed by atoms with Gasteiger partial charge in [0, 0.05) is 19.2 Å². The number of imidazole rings is 1. The van der Waals surface area contributed by atoms with Crippen LogP contribution in [0.15, 0.2) is 18.2 Å². The highest BCUT2D eigenvalue weighted by molar-refractivity contribution is 5.97. The molecule has 1 aliphatic carbocycles. The summed E-state index contributed by atoms with van der Waals surface area (Å²) in [5.74, 6) is 11.1. The van der Waals surface area contributed by atoms with E-state index in [0.29, 0.717) is 34.8 Å². The maximum Gasteiger partial charge on any atom is 0.272 e. The van der Waals surface area contributed by atoms with Gasteiger partial charge in [0.15, 0.2) is 28.8 Å². The van der Waals surface area contributed by atoms with Crippen molar-refractivity contribution in [3.63, 3.8) is 0 Å². The monoisotopic (exact) mass is 392 g/mol. The minimum atomic E-state index is -0.282. The number of aromatic nitrogens is 2. The van der Waals surface area contributed by atoms with Crippen LogP contribution in [0.5, 0.6) is 11.5 Å². The molecule has 0 spiro atoms. The SMILES string of the molecule is C#CCNC(=O)c1c(NCC2CC2)nc(C#Cc2ccc(OC)c(OC)c2)n1C. The van der Waals surface area contributed by atoms with Crippen LogP contribution in [0, 0.1) is 30.1 Å². The Kier molecular flexibility index (Phi) is 6.31. The van der Waals surface area contributed by atoms with Crippen LogP contribution in [0.25, 0.3) is 0 Å². The van der Waals surface area contributed by atoms with Crippen LogP contribution in [-0.4, -0.2) is 42.8 Å². The van der Waals surface area contributed by atoms with Gasteiger partial charge in [-0.15, -0.1) is 6.42 Å². The third-order valence-electron chi connectivity index (χ3n) is 4.62. The van der Waals surface area contributed by atoms with Crippen molar-refractivity contribution >= 4 is 11.7 Å². The van der Waals surface area contributed by atoms with E-state index in [1.165, 1.54) is 12.8 Å². The van der Waals surface area contributed by atoms with Gasteiger partial charge in [0.05, 0.1) is 20.8 Å². The molecule has 0 unspecified atom stereocenters. The van der Waals surface area contributed by atoms with E-state index < -0.39 is 0 Å². The van der Waals surface area contributed by atoms with Gasteiger partial charge >= 0.3 is 0 Å². The van der Waals surface area contributed by atoms with Crippen LogP contribution in [0.3, 0.4) is 0 Å². The molecule has 1 aliphatic rings. The number of nitrogens with one attached hydrogen (secondary N) is 2. The Morgan fingerprint density at radius 3 is 2.69 bits per heavy atom. The molecule has 0 saturated heterocycles. The average Bonchev–Trinajstić information content (AvgIpc) is 3.51. The standard InChI is InChI=1S/C22H24N4O3/c1-5-12-23-22(27)20-21(24-14-16-6-7-16)25-19(26(20)2)11-9-15-8-10-17(28-3)18(13-15)29-4/h1,8,10,13,16,24H,6-7,12,14H2,2-4H3,(H,23,27). The number of nitrogens with zero attached hydrogens (tertiary/aromatic N) is 2. The molecule has 1 aromatic carbocycles. The molecule has 1 heterocycles. The van der Waals surface area contributed by atoms with E-state index in [0.717, 1.165) is 12.1 Å². The smallest absolute Gasteiger partial charge is 0.272 e. The third-order valence-corrected chi connectivity index (χ3v) is 4.62. The van der Waals surface area contributed by atoms with Crippen molar-refractivity contribution < 1.29 is 14.3 Å². The summed E-state index contributed by atoms with van der Waals surface area (Å²) in [4.78, 5) is 17.1. The van der Waals surface area contributed by atoms with Crippen LogP contribution in [0.4, 0.5) is 5.82 Å². The highest BCUT2D eigenvalue weighted by Gasteiger charge is 2.24. The van der Waals surface area contributed by atoms with Gasteiger partial charge in [0.25, 0.3) is 5.91 Å². The lowest BCUT2D eigenvalue weighted by atomic mass is 10.2. The average molecular weight is 392 g/mol. The molecule has 1 saturated carbocycles. The first-order valence-corrected chi connectivity index (χ1v) is 9.33. The molecule has 0 atom stereocenters. The van der Waals surface area contributed by atoms with E-state index in [1.54, 1.807) is 38.0 Å². The second-order valence-electron chi connectivity index (χ2n) is 6.72. The van der Waals surface area contributed by atoms with Gasteiger partial charge in [-0.25, -0.2) is 4.98 Å². The molecule has 0 radical (unpaired) electrons. The summed E-state index contributed by atoms with van der Waals surface area (Å²) in [5, 5.41) is 5.97. The second-order valence-corrected chi connectivity index (χ2v) is 6.72. The first-order chi connectivity index (χ1) is 14.1. The largest absolute Gasteiger partial charge is 0.493 e. The zero-order valence-corrected chi connectivity index (χ0v) is 16.8. The summed E-state index contributed by atoms with van der Waals surface area (Å²) in [6.07, 6.45) is 7.65. The summed E-state index contributed by atoms with van der Waals surface area (Å²) in [6, 6.07) is 5.42. The lowest BCUT2D eigenvalue weighted by molar-refractivity contribution is 0.0951. The van der Waals surface area contributed by atoms with Gasteiger partial charge in [0.2, 0.25) is 0 Å². The zero-order chi connectivity index (χ0) is 20.8. The maximum absolute atomic E-state index is 12.6. The van der Waals surface area contributed by atoms with Crippen molar-refractivity contribution in [2.24, 2.45) is 13.0 Å². The van der Waals surface area contributed by atoms with Crippen LogP contribution in [0.1, 0.15) is 34.7 Å². The van der Waals surface area contributed by atoms with Crippen molar-refractivity contribution in [1.29, 1.82) is 0 Å². The highest BCUT2D eigenvalue weighted by atomic mass is 16.5. The Labute approximate surface area is 170 Å². The fourth-order valence-electron chi connectivity index (χ4n) is 2.81. The predicted molar refractivity (Wildman–Crippen MR) is 111 cm³/mol. The van der Waals surface area contributed by atoms with E-state index in [9.17, 15) is 4.79 Å². The molecule has 2 N–H and O–H groups in total. The molecule has 7 heteroatoms. The lowest BCUT2D eigenvalue weighted by Crippen LogP contribution is -2.27. The van der Waals surface area contributed by atoms with Crippen LogP contribution in [-0.2, 0) is 7.05 Å². The van der Waals surface area contributed by atoms with E-state index in [1.807, 2.05) is 6.07 Å². The zero-order valence-electron chi connectivity index (χ0n) is 16.8. The molecule has 150 valence electrons. The molecule has 29 heavy (non-hydrogen) atoms. The molecule has 1 amide bonds. The number of ether oxygens (including phenoxy) is 2. The highest BCUT2D eigenvalue weighted by Crippen LogP contribution is 2.29. The first-order valence-electron chi connectivity index (χ1n) is 9.33. The van der Waals surface area contributed by atoms with Gasteiger partial charge in [-0.05, 0) is 42.9 Å². The Bertz CT molecular complexity index is 1000. The Balaban J connectivity index is 1.90. The Hall–Kier alpha value is -3.58. The number of benzene rings is 1. The van der Waals surface area contributed by atoms with Crippen LogP contribution in [0.2, 0.25) is 0 Å². The molecular weight excluding hydrogens is 368 g/mol. The first kappa shape index (κ1) is 20.2. The van der Waals surface area contributed by atoms with Crippen molar-refractivity contribution in [3.8, 4) is 35.7 Å². The molecule has 2 aromatic rings. The van der Waals surface area contributed by atoms with E-state index in [-0.39, 0.29) is 12.5 Å². The number of carbonyl (C=O) groups is 1. The number of hydrogen-bond donors (Lipinski definition) is 2. The number of carbonyl (C=O) groups excluding carboxylic acids is 1. The molecule has 0 bridgehead atoms. The molecule has 1 fully saturated rings. The number of rotatable bonds is 7. The lowest BCUT2D eigenvalue weighted by Gasteiger charge is -2.07. The fourth-order valence-corrected chi connectivity index (χ4v) is 2.81. The van der Waals surface area contributed by atoms with E-state index >= 15 is 0 Å². The Morgan fingerprint density at radius 1 is 1.28 bits per heavy atom. The molecule has 7 nitrogen and oxygen atoms in total. The predicted octanol–water partition coefficient (Wildman–Crippen LogP) is 2.02. The summed E-state index contributed by atoms with van der Waals surface area (Å²) in [7, 11) is 4.92. The molecule has 0 aliphatic heterocycles. The topological polar surface area (TPSA) is 77.4 Å². The van der Waals surface area contributed by atoms with Crippen molar-refractivity contribution in [2.45, 2.75) is 12.8 Å². The van der Waals surface area contributed by atoms with E-state index in [4.69, 9.17) is 15.9 Å². The normalized spacial score (nSPS) is 12.3. The van der Waals surface area contributed by atoms with Crippen molar-refractivity contribution in [2.75, 3.05) is 32.6 Å². The minimum absolute atomic E-state index is 0.152.